The largest absolute Gasteiger partial charge is 0.394 e. The van der Waals surface area contributed by atoms with Crippen LogP contribution in [0, 0.1) is 5.82 Å². The van der Waals surface area contributed by atoms with Gasteiger partial charge in [-0.25, -0.2) is 4.39 Å². The number of nitrogens with zero attached hydrogens (tertiary/aromatic N) is 3. The minimum Gasteiger partial charge on any atom is -0.394 e. The molecule has 28 heavy (non-hydrogen) atoms. The van der Waals surface area contributed by atoms with Crippen molar-refractivity contribution in [2.24, 2.45) is 5.11 Å². The van der Waals surface area contributed by atoms with Gasteiger partial charge >= 0.3 is 0 Å². The maximum Gasteiger partial charge on any atom is 0.264 e. The van der Waals surface area contributed by atoms with E-state index in [1.807, 2.05) is 24.3 Å². The molecular formula is C19H20FN3O4S. The van der Waals surface area contributed by atoms with Crippen molar-refractivity contribution in [3.8, 4) is 0 Å². The Bertz CT molecular complexity index is 1020. The summed E-state index contributed by atoms with van der Waals surface area (Å²) in [5, 5.41) is 13.6. The number of halogens is 1. The van der Waals surface area contributed by atoms with Crippen LogP contribution in [0.25, 0.3) is 10.4 Å². The van der Waals surface area contributed by atoms with E-state index in [9.17, 15) is 17.9 Å². The van der Waals surface area contributed by atoms with Gasteiger partial charge in [-0.2, -0.15) is 8.42 Å². The smallest absolute Gasteiger partial charge is 0.264 e. The summed E-state index contributed by atoms with van der Waals surface area (Å²) >= 11 is 0. The fourth-order valence-corrected chi connectivity index (χ4v) is 4.41. The van der Waals surface area contributed by atoms with E-state index in [-0.39, 0.29) is 6.42 Å². The number of benzene rings is 2. The highest BCUT2D eigenvalue weighted by atomic mass is 32.2. The second-order valence-electron chi connectivity index (χ2n) is 6.82. The van der Waals surface area contributed by atoms with Crippen molar-refractivity contribution < 1.29 is 22.1 Å². The second-order valence-corrected chi connectivity index (χ2v) is 8.42. The molecule has 0 saturated carbocycles. The third kappa shape index (κ3) is 4.51. The molecule has 2 aromatic carbocycles. The highest BCUT2D eigenvalue weighted by Gasteiger charge is 2.33. The Morgan fingerprint density at radius 3 is 2.68 bits per heavy atom. The predicted octanol–water partition coefficient (Wildman–Crippen LogP) is 3.59. The number of fused-ring (bicyclic) bond motifs is 2. The molecule has 0 amide bonds. The highest BCUT2D eigenvalue weighted by Crippen LogP contribution is 2.44. The molecule has 0 unspecified atom stereocenters. The van der Waals surface area contributed by atoms with E-state index in [1.54, 1.807) is 6.07 Å². The first-order chi connectivity index (χ1) is 13.3. The Balaban J connectivity index is 2.14. The van der Waals surface area contributed by atoms with Gasteiger partial charge in [0.15, 0.2) is 0 Å². The van der Waals surface area contributed by atoms with E-state index < -0.39 is 40.6 Å². The normalized spacial score (nSPS) is 19.7. The summed E-state index contributed by atoms with van der Waals surface area (Å²) in [7, 11) is -3.79. The van der Waals surface area contributed by atoms with Gasteiger partial charge in [0.25, 0.3) is 10.1 Å². The van der Waals surface area contributed by atoms with Crippen LogP contribution in [-0.4, -0.2) is 32.5 Å². The van der Waals surface area contributed by atoms with Crippen LogP contribution in [0.3, 0.4) is 0 Å². The lowest BCUT2D eigenvalue weighted by Crippen LogP contribution is -2.26. The third-order valence-electron chi connectivity index (χ3n) is 4.85. The second kappa shape index (κ2) is 8.28. The zero-order valence-corrected chi connectivity index (χ0v) is 16.0. The summed E-state index contributed by atoms with van der Waals surface area (Å²) in [6.07, 6.45) is 0.503. The number of hydrogen-bond donors (Lipinski definition) is 1. The van der Waals surface area contributed by atoms with Crippen molar-refractivity contribution >= 4 is 10.1 Å². The lowest BCUT2D eigenvalue weighted by Gasteiger charge is -2.27. The monoisotopic (exact) mass is 405 g/mol. The maximum absolute atomic E-state index is 14.0. The molecule has 0 saturated heterocycles. The number of azide groups is 1. The first-order valence-corrected chi connectivity index (χ1v) is 10.5. The first kappa shape index (κ1) is 20.3. The molecule has 7 nitrogen and oxygen atoms in total. The van der Waals surface area contributed by atoms with Crippen molar-refractivity contribution in [2.75, 3.05) is 12.9 Å². The van der Waals surface area contributed by atoms with Gasteiger partial charge in [0.1, 0.15) is 11.9 Å². The van der Waals surface area contributed by atoms with Gasteiger partial charge in [-0.15, -0.1) is 0 Å². The maximum atomic E-state index is 14.0. The molecule has 2 aromatic rings. The van der Waals surface area contributed by atoms with Crippen molar-refractivity contribution in [3.05, 3.63) is 81.0 Å². The minimum atomic E-state index is -3.79. The zero-order chi connectivity index (χ0) is 20.3. The van der Waals surface area contributed by atoms with Crippen LogP contribution in [0.4, 0.5) is 4.39 Å². The summed E-state index contributed by atoms with van der Waals surface area (Å²) < 4.78 is 42.0. The number of hydrogen-bond acceptors (Lipinski definition) is 5. The lowest BCUT2D eigenvalue weighted by atomic mass is 9.83. The van der Waals surface area contributed by atoms with E-state index in [1.165, 1.54) is 12.1 Å². The van der Waals surface area contributed by atoms with Crippen LogP contribution >= 0.6 is 0 Å². The van der Waals surface area contributed by atoms with Crippen LogP contribution in [0.5, 0.6) is 0 Å². The van der Waals surface area contributed by atoms with Crippen LogP contribution < -0.4 is 0 Å². The minimum absolute atomic E-state index is 0.0836. The van der Waals surface area contributed by atoms with Gasteiger partial charge in [0.2, 0.25) is 0 Å². The molecule has 0 aromatic heterocycles. The summed E-state index contributed by atoms with van der Waals surface area (Å²) in [5.74, 6) is -0.943. The van der Waals surface area contributed by atoms with Crippen LogP contribution in [-0.2, 0) is 20.7 Å². The molecule has 3 atom stereocenters. The topological polar surface area (TPSA) is 112 Å². The Hall–Kier alpha value is -2.45. The molecule has 0 radical (unpaired) electrons. The van der Waals surface area contributed by atoms with Gasteiger partial charge < -0.3 is 5.11 Å². The van der Waals surface area contributed by atoms with Gasteiger partial charge in [0.05, 0.1) is 18.9 Å². The Morgan fingerprint density at radius 1 is 1.29 bits per heavy atom. The molecular weight excluding hydrogens is 385 g/mol. The third-order valence-corrected chi connectivity index (χ3v) is 5.47. The standard InChI is InChI=1S/C19H20FN3O4S/c1-28(25,26)27-15(11-24)10-18-16-5-3-2-4-12(16)8-13-6-7-14(20)9-17(13)19(18)22-23-21/h2-7,9,15,18-19,24H,8,10-11H2,1H3/t15-,18-,19+/m1/s1. The quantitative estimate of drug-likeness (QED) is 0.342. The lowest BCUT2D eigenvalue weighted by molar-refractivity contribution is 0.106. The number of aliphatic hydroxyl groups excluding tert-OH is 1. The van der Waals surface area contributed by atoms with Crippen LogP contribution in [0.15, 0.2) is 47.6 Å². The molecule has 9 heteroatoms. The molecule has 148 valence electrons. The molecule has 0 fully saturated rings. The van der Waals surface area contributed by atoms with Crippen molar-refractivity contribution in [3.63, 3.8) is 0 Å². The molecule has 1 aliphatic rings. The molecule has 0 heterocycles. The van der Waals surface area contributed by atoms with Crippen molar-refractivity contribution in [1.82, 2.24) is 0 Å². The zero-order valence-electron chi connectivity index (χ0n) is 15.2. The summed E-state index contributed by atoms with van der Waals surface area (Å²) in [5.41, 5.74) is 12.3. The Kier molecular flexibility index (Phi) is 6.00. The number of aliphatic hydroxyl groups is 1. The van der Waals surface area contributed by atoms with Gasteiger partial charge in [-0.1, -0.05) is 35.4 Å². The molecule has 3 rings (SSSR count). The molecule has 0 spiro atoms. The summed E-state index contributed by atoms with van der Waals surface area (Å²) in [6, 6.07) is 11.1. The van der Waals surface area contributed by atoms with E-state index in [0.717, 1.165) is 22.9 Å². The average Bonchev–Trinajstić information content (AvgIpc) is 2.76. The highest BCUT2D eigenvalue weighted by molar-refractivity contribution is 7.86. The van der Waals surface area contributed by atoms with E-state index >= 15 is 0 Å². The fraction of sp³-hybridized carbons (Fsp3) is 0.368. The van der Waals surface area contributed by atoms with E-state index in [4.69, 9.17) is 9.71 Å². The number of rotatable bonds is 6. The van der Waals surface area contributed by atoms with Gasteiger partial charge in [-0.3, -0.25) is 4.18 Å². The van der Waals surface area contributed by atoms with E-state index in [0.29, 0.717) is 12.0 Å². The van der Waals surface area contributed by atoms with Gasteiger partial charge in [0, 0.05) is 4.91 Å². The Morgan fingerprint density at radius 2 is 2.00 bits per heavy atom. The van der Waals surface area contributed by atoms with Gasteiger partial charge in [-0.05, 0) is 58.7 Å². The summed E-state index contributed by atoms with van der Waals surface area (Å²) in [4.78, 5) is 2.94. The summed E-state index contributed by atoms with van der Waals surface area (Å²) in [6.45, 7) is -0.523. The Labute approximate surface area is 162 Å². The van der Waals surface area contributed by atoms with E-state index in [2.05, 4.69) is 10.0 Å². The van der Waals surface area contributed by atoms with Crippen molar-refractivity contribution in [2.45, 2.75) is 30.9 Å². The first-order valence-electron chi connectivity index (χ1n) is 8.72. The molecule has 1 aliphatic carbocycles. The average molecular weight is 405 g/mol. The van der Waals surface area contributed by atoms with Crippen LogP contribution in [0.2, 0.25) is 0 Å². The van der Waals surface area contributed by atoms with Crippen LogP contribution in [0.1, 0.15) is 40.6 Å². The molecule has 0 aliphatic heterocycles. The SMILES string of the molecule is CS(=O)(=O)O[C@@H](CO)C[C@@H]1c2ccccc2Cc2ccc(F)cc2[C@@H]1N=[N+]=[N-]. The molecule has 1 N–H and O–H groups in total. The fourth-order valence-electron chi connectivity index (χ4n) is 3.78. The van der Waals surface area contributed by atoms with Crippen molar-refractivity contribution in [1.29, 1.82) is 0 Å². The predicted molar refractivity (Wildman–Crippen MR) is 102 cm³/mol. The molecule has 0 bridgehead atoms.